The number of imide groups is 1. The maximum Gasteiger partial charge on any atom is 0.326 e. The predicted molar refractivity (Wildman–Crippen MR) is 111 cm³/mol. The summed E-state index contributed by atoms with van der Waals surface area (Å²) >= 11 is 1.73. The van der Waals surface area contributed by atoms with Crippen LogP contribution in [0.4, 0.5) is 14.9 Å². The average molecular weight is 409 g/mol. The molecule has 2 N–H and O–H groups in total. The zero-order chi connectivity index (χ0) is 20.2. The first-order chi connectivity index (χ1) is 14.1. The monoisotopic (exact) mass is 409 g/mol. The van der Waals surface area contributed by atoms with Gasteiger partial charge in [-0.05, 0) is 41.1 Å². The molecular weight excluding hydrogens is 389 g/mol. The summed E-state index contributed by atoms with van der Waals surface area (Å²) in [7, 11) is 0. The Morgan fingerprint density at radius 3 is 2.62 bits per heavy atom. The van der Waals surface area contributed by atoms with Gasteiger partial charge in [0.25, 0.3) is 0 Å². The maximum atomic E-state index is 13.7. The van der Waals surface area contributed by atoms with Crippen LogP contribution in [0.25, 0.3) is 0 Å². The van der Waals surface area contributed by atoms with Gasteiger partial charge in [-0.2, -0.15) is 0 Å². The van der Waals surface area contributed by atoms with Gasteiger partial charge in [0, 0.05) is 11.4 Å². The van der Waals surface area contributed by atoms with Crippen LogP contribution in [0.3, 0.4) is 0 Å². The molecule has 0 radical (unpaired) electrons. The molecule has 0 spiro atoms. The minimum atomic E-state index is -0.746. The predicted octanol–water partition coefficient (Wildman–Crippen LogP) is 4.18. The van der Waals surface area contributed by atoms with Crippen molar-refractivity contribution in [3.05, 3.63) is 87.9 Å². The van der Waals surface area contributed by atoms with E-state index in [4.69, 9.17) is 0 Å². The van der Waals surface area contributed by atoms with E-state index in [1.807, 2.05) is 30.3 Å². The number of rotatable bonds is 4. The molecule has 1 aliphatic heterocycles. The summed E-state index contributed by atoms with van der Waals surface area (Å²) in [4.78, 5) is 28.0. The fourth-order valence-corrected chi connectivity index (χ4v) is 4.53. The molecule has 0 aliphatic carbocycles. The number of hydrogen-bond acceptors (Lipinski definition) is 4. The van der Waals surface area contributed by atoms with Crippen molar-refractivity contribution in [2.45, 2.75) is 12.5 Å². The number of anilines is 1. The lowest BCUT2D eigenvalue weighted by Crippen LogP contribution is -2.45. The molecule has 1 aliphatic rings. The van der Waals surface area contributed by atoms with Crippen LogP contribution < -0.4 is 10.6 Å². The Morgan fingerprint density at radius 1 is 1.07 bits per heavy atom. The molecule has 1 atom stereocenters. The summed E-state index contributed by atoms with van der Waals surface area (Å²) in [5.74, 6) is -0.987. The topological polar surface area (TPSA) is 61.4 Å². The summed E-state index contributed by atoms with van der Waals surface area (Å²) in [5, 5.41) is 6.74. The van der Waals surface area contributed by atoms with E-state index in [1.165, 1.54) is 28.6 Å². The number of fused-ring (bicyclic) bond motifs is 1. The van der Waals surface area contributed by atoms with Crippen LogP contribution in [0.1, 0.15) is 22.0 Å². The van der Waals surface area contributed by atoms with Gasteiger partial charge < -0.3 is 5.32 Å². The van der Waals surface area contributed by atoms with Crippen molar-refractivity contribution >= 4 is 29.0 Å². The number of para-hydroxylation sites is 1. The number of urea groups is 1. The van der Waals surface area contributed by atoms with Crippen molar-refractivity contribution in [1.82, 2.24) is 10.2 Å². The van der Waals surface area contributed by atoms with E-state index in [0.29, 0.717) is 0 Å². The average Bonchev–Trinajstić information content (AvgIpc) is 3.19. The zero-order valence-corrected chi connectivity index (χ0v) is 16.4. The van der Waals surface area contributed by atoms with E-state index in [-0.39, 0.29) is 18.3 Å². The third kappa shape index (κ3) is 4.36. The standard InChI is InChI=1S/C22H20FN3O2S/c23-17-8-4-5-9-18(17)24-22(28)25-20(27)14-26-12-10-19-16(11-13-29-19)21(26)15-6-2-1-3-7-15/h1-9,11,13,21H,10,12,14H2,(H2,24,25,27,28). The molecule has 0 fully saturated rings. The van der Waals surface area contributed by atoms with Crippen LogP contribution in [0.15, 0.2) is 66.0 Å². The van der Waals surface area contributed by atoms with Crippen LogP contribution in [-0.2, 0) is 11.2 Å². The van der Waals surface area contributed by atoms with E-state index < -0.39 is 17.8 Å². The summed E-state index contributed by atoms with van der Waals surface area (Å²) in [5.41, 5.74) is 2.34. The van der Waals surface area contributed by atoms with Crippen LogP contribution in [0.5, 0.6) is 0 Å². The lowest BCUT2D eigenvalue weighted by Gasteiger charge is -2.35. The van der Waals surface area contributed by atoms with E-state index in [0.717, 1.165) is 18.5 Å². The molecule has 0 bridgehead atoms. The van der Waals surface area contributed by atoms with Gasteiger partial charge in [0.15, 0.2) is 0 Å². The van der Waals surface area contributed by atoms with Crippen molar-refractivity contribution in [3.8, 4) is 0 Å². The number of carbonyl (C=O) groups is 2. The van der Waals surface area contributed by atoms with Gasteiger partial charge in [0.2, 0.25) is 5.91 Å². The Balaban J connectivity index is 1.45. The van der Waals surface area contributed by atoms with Crippen molar-refractivity contribution in [2.24, 2.45) is 0 Å². The lowest BCUT2D eigenvalue weighted by atomic mass is 9.93. The maximum absolute atomic E-state index is 13.7. The van der Waals surface area contributed by atoms with Crippen molar-refractivity contribution in [1.29, 1.82) is 0 Å². The first kappa shape index (κ1) is 19.3. The van der Waals surface area contributed by atoms with Gasteiger partial charge >= 0.3 is 6.03 Å². The quantitative estimate of drug-likeness (QED) is 0.680. The normalized spacial score (nSPS) is 16.1. The molecule has 1 unspecified atom stereocenters. The molecule has 2 aromatic carbocycles. The first-order valence-electron chi connectivity index (χ1n) is 9.32. The smallest absolute Gasteiger partial charge is 0.305 e. The SMILES string of the molecule is O=C(CN1CCc2sccc2C1c1ccccc1)NC(=O)Nc1ccccc1F. The van der Waals surface area contributed by atoms with Crippen LogP contribution >= 0.6 is 11.3 Å². The number of nitrogens with one attached hydrogen (secondary N) is 2. The Morgan fingerprint density at radius 2 is 1.83 bits per heavy atom. The number of thiophene rings is 1. The van der Waals surface area contributed by atoms with Crippen LogP contribution in [0, 0.1) is 5.82 Å². The Labute approximate surface area is 172 Å². The van der Waals surface area contributed by atoms with E-state index >= 15 is 0 Å². The minimum Gasteiger partial charge on any atom is -0.305 e. The highest BCUT2D eigenvalue weighted by molar-refractivity contribution is 7.10. The summed E-state index contributed by atoms with van der Waals surface area (Å²) in [6.45, 7) is 0.787. The fourth-order valence-electron chi connectivity index (χ4n) is 3.63. The molecule has 2 heterocycles. The molecular formula is C22H20FN3O2S. The van der Waals surface area contributed by atoms with Crippen molar-refractivity contribution < 1.29 is 14.0 Å². The molecule has 29 heavy (non-hydrogen) atoms. The zero-order valence-electron chi connectivity index (χ0n) is 15.6. The van der Waals surface area contributed by atoms with Gasteiger partial charge in [-0.15, -0.1) is 11.3 Å². The molecule has 1 aromatic heterocycles. The number of halogens is 1. The van der Waals surface area contributed by atoms with Gasteiger partial charge in [-0.25, -0.2) is 9.18 Å². The fraction of sp³-hybridized carbons (Fsp3) is 0.182. The summed E-state index contributed by atoms with van der Waals surface area (Å²) in [6, 6.07) is 17.2. The molecule has 3 amide bonds. The van der Waals surface area contributed by atoms with E-state index in [2.05, 4.69) is 27.0 Å². The third-order valence-electron chi connectivity index (χ3n) is 4.90. The van der Waals surface area contributed by atoms with E-state index in [9.17, 15) is 14.0 Å². The Kier molecular flexibility index (Phi) is 5.69. The summed E-state index contributed by atoms with van der Waals surface area (Å²) < 4.78 is 13.7. The van der Waals surface area contributed by atoms with Crippen molar-refractivity contribution in [3.63, 3.8) is 0 Å². The summed E-state index contributed by atoms with van der Waals surface area (Å²) in [6.07, 6.45) is 0.866. The van der Waals surface area contributed by atoms with Crippen LogP contribution in [-0.4, -0.2) is 29.9 Å². The molecule has 3 aromatic rings. The second kappa shape index (κ2) is 8.55. The second-order valence-electron chi connectivity index (χ2n) is 6.81. The van der Waals surface area contributed by atoms with Gasteiger partial charge in [-0.1, -0.05) is 42.5 Å². The molecule has 0 saturated carbocycles. The highest BCUT2D eigenvalue weighted by atomic mass is 32.1. The highest BCUT2D eigenvalue weighted by Gasteiger charge is 2.31. The van der Waals surface area contributed by atoms with Gasteiger partial charge in [0.1, 0.15) is 5.82 Å². The number of hydrogen-bond donors (Lipinski definition) is 2. The molecule has 5 nitrogen and oxygen atoms in total. The van der Waals surface area contributed by atoms with Gasteiger partial charge in [-0.3, -0.25) is 15.0 Å². The Bertz CT molecular complexity index is 1020. The number of amides is 3. The molecule has 7 heteroatoms. The largest absolute Gasteiger partial charge is 0.326 e. The molecule has 148 valence electrons. The Hall–Kier alpha value is -3.03. The molecule has 0 saturated heterocycles. The van der Waals surface area contributed by atoms with E-state index in [1.54, 1.807) is 17.4 Å². The third-order valence-corrected chi connectivity index (χ3v) is 5.90. The van der Waals surface area contributed by atoms with Gasteiger partial charge in [0.05, 0.1) is 18.3 Å². The first-order valence-corrected chi connectivity index (χ1v) is 10.2. The highest BCUT2D eigenvalue weighted by Crippen LogP contribution is 2.37. The number of nitrogens with zero attached hydrogens (tertiary/aromatic N) is 1. The lowest BCUT2D eigenvalue weighted by molar-refractivity contribution is -0.121. The molecule has 4 rings (SSSR count). The van der Waals surface area contributed by atoms with Crippen LogP contribution in [0.2, 0.25) is 0 Å². The number of benzene rings is 2. The van der Waals surface area contributed by atoms with Crippen molar-refractivity contribution in [2.75, 3.05) is 18.4 Å². The minimum absolute atomic E-state index is 0.0286. The number of carbonyl (C=O) groups excluding carboxylic acids is 2. The second-order valence-corrected chi connectivity index (χ2v) is 7.82.